The number of carbonyl (C=O) groups excluding carboxylic acids is 1. The summed E-state index contributed by atoms with van der Waals surface area (Å²) in [5, 5.41) is 12.2. The number of likely N-dealkylation sites (tertiary alicyclic amines) is 1. The molecule has 0 aliphatic carbocycles. The number of piperidine rings is 1. The lowest BCUT2D eigenvalue weighted by Gasteiger charge is -2.31. The van der Waals surface area contributed by atoms with Crippen molar-refractivity contribution in [3.05, 3.63) is 0 Å². The van der Waals surface area contributed by atoms with Crippen LogP contribution in [0.1, 0.15) is 40.0 Å². The first kappa shape index (κ1) is 15.0. The van der Waals surface area contributed by atoms with Crippen LogP contribution in [0.2, 0.25) is 0 Å². The van der Waals surface area contributed by atoms with Crippen molar-refractivity contribution < 1.29 is 14.7 Å². The van der Waals surface area contributed by atoms with E-state index in [1.165, 1.54) is 0 Å². The highest BCUT2D eigenvalue weighted by molar-refractivity contribution is 5.78. The summed E-state index contributed by atoms with van der Waals surface area (Å²) in [6.45, 7) is 7.86. The Kier molecular flexibility index (Phi) is 5.14. The largest absolute Gasteiger partial charge is 0.481 e. The van der Waals surface area contributed by atoms with Gasteiger partial charge in [-0.3, -0.25) is 9.59 Å². The zero-order valence-electron chi connectivity index (χ0n) is 11.5. The Morgan fingerprint density at radius 1 is 1.39 bits per heavy atom. The van der Waals surface area contributed by atoms with E-state index >= 15 is 0 Å². The van der Waals surface area contributed by atoms with Gasteiger partial charge in [0, 0.05) is 31.6 Å². The van der Waals surface area contributed by atoms with Crippen molar-refractivity contribution in [1.82, 2.24) is 10.2 Å². The van der Waals surface area contributed by atoms with E-state index in [-0.39, 0.29) is 11.4 Å². The first-order chi connectivity index (χ1) is 8.29. The number of carboxylic acids is 1. The number of hydrogen-bond donors (Lipinski definition) is 2. The lowest BCUT2D eigenvalue weighted by atomic mass is 9.98. The Morgan fingerprint density at radius 2 is 2.06 bits per heavy atom. The van der Waals surface area contributed by atoms with Crippen molar-refractivity contribution >= 4 is 11.9 Å². The monoisotopic (exact) mass is 256 g/mol. The van der Waals surface area contributed by atoms with Crippen LogP contribution in [0, 0.1) is 5.92 Å². The molecule has 5 nitrogen and oxygen atoms in total. The fourth-order valence-corrected chi connectivity index (χ4v) is 2.11. The molecule has 0 aromatic heterocycles. The van der Waals surface area contributed by atoms with Gasteiger partial charge in [-0.25, -0.2) is 0 Å². The van der Waals surface area contributed by atoms with Gasteiger partial charge in [-0.15, -0.1) is 0 Å². The van der Waals surface area contributed by atoms with Crippen LogP contribution in [0.25, 0.3) is 0 Å². The molecule has 2 N–H and O–H groups in total. The number of aliphatic carboxylic acids is 1. The maximum Gasteiger partial charge on any atom is 0.308 e. The molecule has 0 aromatic carbocycles. The highest BCUT2D eigenvalue weighted by Gasteiger charge is 2.27. The second-order valence-corrected chi connectivity index (χ2v) is 5.94. The van der Waals surface area contributed by atoms with Crippen molar-refractivity contribution in [3.8, 4) is 0 Å². The molecule has 1 atom stereocenters. The molecule has 0 aromatic rings. The molecule has 0 unspecified atom stereocenters. The molecular formula is C13H24N2O3. The average Bonchev–Trinajstić information content (AvgIpc) is 2.27. The fraction of sp³-hybridized carbons (Fsp3) is 0.846. The molecule has 0 spiro atoms. The number of carboxylic acid groups (broad SMARTS) is 1. The highest BCUT2D eigenvalue weighted by Crippen LogP contribution is 2.17. The summed E-state index contributed by atoms with van der Waals surface area (Å²) >= 11 is 0. The van der Waals surface area contributed by atoms with E-state index < -0.39 is 11.9 Å². The van der Waals surface area contributed by atoms with E-state index in [1.807, 2.05) is 0 Å². The predicted molar refractivity (Wildman–Crippen MR) is 69.3 cm³/mol. The van der Waals surface area contributed by atoms with E-state index in [9.17, 15) is 9.59 Å². The van der Waals surface area contributed by atoms with Gasteiger partial charge in [0.25, 0.3) is 0 Å². The van der Waals surface area contributed by atoms with Gasteiger partial charge in [-0.05, 0) is 33.6 Å². The fourth-order valence-electron chi connectivity index (χ4n) is 2.11. The normalized spacial score (nSPS) is 20.8. The molecule has 1 fully saturated rings. The topological polar surface area (TPSA) is 69.6 Å². The van der Waals surface area contributed by atoms with Crippen LogP contribution in [0.3, 0.4) is 0 Å². The maximum absolute atomic E-state index is 11.9. The summed E-state index contributed by atoms with van der Waals surface area (Å²) < 4.78 is 0. The van der Waals surface area contributed by atoms with Gasteiger partial charge in [-0.2, -0.15) is 0 Å². The molecule has 1 aliphatic heterocycles. The van der Waals surface area contributed by atoms with Gasteiger partial charge in [-0.1, -0.05) is 0 Å². The number of nitrogens with one attached hydrogen (secondary N) is 1. The maximum atomic E-state index is 11.9. The first-order valence-electron chi connectivity index (χ1n) is 6.55. The molecule has 1 heterocycles. The Balaban J connectivity index is 2.35. The van der Waals surface area contributed by atoms with Crippen LogP contribution < -0.4 is 5.32 Å². The minimum absolute atomic E-state index is 0.00573. The average molecular weight is 256 g/mol. The molecule has 18 heavy (non-hydrogen) atoms. The number of rotatable bonds is 4. The van der Waals surface area contributed by atoms with Crippen LogP contribution in [0.15, 0.2) is 0 Å². The standard InChI is InChI=1S/C13H24N2O3/c1-13(2,3)14-7-6-11(16)15-8-4-5-10(9-15)12(17)18/h10,14H,4-9H2,1-3H3,(H,17,18)/t10-/m1/s1. The molecule has 0 bridgehead atoms. The third kappa shape index (κ3) is 5.04. The number of nitrogens with zero attached hydrogens (tertiary/aromatic N) is 1. The van der Waals surface area contributed by atoms with Gasteiger partial charge in [0.15, 0.2) is 0 Å². The summed E-state index contributed by atoms with van der Waals surface area (Å²) in [7, 11) is 0. The summed E-state index contributed by atoms with van der Waals surface area (Å²) in [5.41, 5.74) is 0.00573. The van der Waals surface area contributed by atoms with E-state index in [0.29, 0.717) is 32.5 Å². The number of amides is 1. The lowest BCUT2D eigenvalue weighted by molar-refractivity contribution is -0.145. The van der Waals surface area contributed by atoms with Crippen molar-refractivity contribution in [2.24, 2.45) is 5.92 Å². The highest BCUT2D eigenvalue weighted by atomic mass is 16.4. The molecule has 1 rings (SSSR count). The summed E-state index contributed by atoms with van der Waals surface area (Å²) in [4.78, 5) is 24.5. The van der Waals surface area contributed by atoms with E-state index in [1.54, 1.807) is 4.90 Å². The van der Waals surface area contributed by atoms with Crippen LogP contribution in [-0.2, 0) is 9.59 Å². The lowest BCUT2D eigenvalue weighted by Crippen LogP contribution is -2.44. The molecule has 1 amide bonds. The Morgan fingerprint density at radius 3 is 2.61 bits per heavy atom. The molecule has 104 valence electrons. The minimum Gasteiger partial charge on any atom is -0.481 e. The van der Waals surface area contributed by atoms with Gasteiger partial charge >= 0.3 is 5.97 Å². The van der Waals surface area contributed by atoms with Gasteiger partial charge in [0.2, 0.25) is 5.91 Å². The quantitative estimate of drug-likeness (QED) is 0.790. The van der Waals surface area contributed by atoms with E-state index in [0.717, 1.165) is 6.42 Å². The van der Waals surface area contributed by atoms with Crippen LogP contribution in [-0.4, -0.2) is 47.1 Å². The second kappa shape index (κ2) is 6.18. The van der Waals surface area contributed by atoms with Gasteiger partial charge in [0.05, 0.1) is 5.92 Å². The molecule has 5 heteroatoms. The Hall–Kier alpha value is -1.10. The smallest absolute Gasteiger partial charge is 0.308 e. The Bertz CT molecular complexity index is 310. The third-order valence-electron chi connectivity index (χ3n) is 3.12. The van der Waals surface area contributed by atoms with Crippen LogP contribution in [0.4, 0.5) is 0 Å². The van der Waals surface area contributed by atoms with Gasteiger partial charge in [0.1, 0.15) is 0 Å². The summed E-state index contributed by atoms with van der Waals surface area (Å²) in [6, 6.07) is 0. The molecule has 0 radical (unpaired) electrons. The summed E-state index contributed by atoms with van der Waals surface area (Å²) in [6.07, 6.45) is 1.90. The van der Waals surface area contributed by atoms with E-state index in [2.05, 4.69) is 26.1 Å². The van der Waals surface area contributed by atoms with Crippen molar-refractivity contribution in [2.75, 3.05) is 19.6 Å². The molecule has 0 saturated carbocycles. The molecular weight excluding hydrogens is 232 g/mol. The first-order valence-corrected chi connectivity index (χ1v) is 6.55. The van der Waals surface area contributed by atoms with Crippen LogP contribution in [0.5, 0.6) is 0 Å². The van der Waals surface area contributed by atoms with Crippen molar-refractivity contribution in [2.45, 2.75) is 45.6 Å². The third-order valence-corrected chi connectivity index (χ3v) is 3.12. The second-order valence-electron chi connectivity index (χ2n) is 5.94. The minimum atomic E-state index is -0.791. The zero-order chi connectivity index (χ0) is 13.8. The predicted octanol–water partition coefficient (Wildman–Crippen LogP) is 1.09. The SMILES string of the molecule is CC(C)(C)NCCC(=O)N1CCC[C@@H](C(=O)O)C1. The number of hydrogen-bond acceptors (Lipinski definition) is 3. The summed E-state index contributed by atoms with van der Waals surface area (Å²) in [5.74, 6) is -1.13. The Labute approximate surface area is 109 Å². The zero-order valence-corrected chi connectivity index (χ0v) is 11.5. The van der Waals surface area contributed by atoms with Gasteiger partial charge < -0.3 is 15.3 Å². The van der Waals surface area contributed by atoms with Crippen molar-refractivity contribution in [1.29, 1.82) is 0 Å². The molecule has 1 saturated heterocycles. The number of carbonyl (C=O) groups is 2. The molecule has 1 aliphatic rings. The van der Waals surface area contributed by atoms with Crippen molar-refractivity contribution in [3.63, 3.8) is 0 Å². The van der Waals surface area contributed by atoms with E-state index in [4.69, 9.17) is 5.11 Å². The van der Waals surface area contributed by atoms with Crippen LogP contribution >= 0.6 is 0 Å².